The molecule has 9 nitrogen and oxygen atoms in total. The van der Waals surface area contributed by atoms with Gasteiger partial charge in [-0.3, -0.25) is 20.1 Å². The Hall–Kier alpha value is -2.39. The zero-order valence-electron chi connectivity index (χ0n) is 14.5. The van der Waals surface area contributed by atoms with E-state index in [1.54, 1.807) is 18.5 Å². The van der Waals surface area contributed by atoms with Gasteiger partial charge in [-0.15, -0.1) is 0 Å². The Morgan fingerprint density at radius 2 is 2.28 bits per heavy atom. The molecule has 3 rings (SSSR count). The third kappa shape index (κ3) is 4.37. The lowest BCUT2D eigenvalue weighted by molar-refractivity contribution is -0.124. The summed E-state index contributed by atoms with van der Waals surface area (Å²) in [5.41, 5.74) is 0. The summed E-state index contributed by atoms with van der Waals surface area (Å²) in [6.45, 7) is 5.72. The smallest absolute Gasteiger partial charge is 0.243 e. The monoisotopic (exact) mass is 345 g/mol. The maximum Gasteiger partial charge on any atom is 0.243 e. The Morgan fingerprint density at radius 3 is 3.04 bits per heavy atom. The Bertz CT molecular complexity index is 691. The number of nitrogens with one attached hydrogen (secondary N) is 2. The maximum atomic E-state index is 12.4. The quantitative estimate of drug-likeness (QED) is 0.802. The molecule has 1 saturated heterocycles. The lowest BCUT2D eigenvalue weighted by atomic mass is 10.2. The van der Waals surface area contributed by atoms with Crippen LogP contribution in [0.2, 0.25) is 0 Å². The average molecular weight is 345 g/mol. The topological polar surface area (TPSA) is 109 Å². The fourth-order valence-electron chi connectivity index (χ4n) is 2.72. The van der Waals surface area contributed by atoms with Crippen LogP contribution in [0.15, 0.2) is 18.5 Å². The van der Waals surface area contributed by atoms with E-state index in [1.807, 2.05) is 6.92 Å². The SMILES string of the molecule is CCCc1nc([C@@H]2CN([C@H](C)C(=O)Nc3ncccn3)CCO2)n[nH]1. The van der Waals surface area contributed by atoms with Crippen LogP contribution in [0.5, 0.6) is 0 Å². The number of aromatic nitrogens is 5. The van der Waals surface area contributed by atoms with Crippen LogP contribution in [0.3, 0.4) is 0 Å². The predicted octanol–water partition coefficient (Wildman–Crippen LogP) is 0.948. The van der Waals surface area contributed by atoms with Crippen LogP contribution >= 0.6 is 0 Å². The molecular weight excluding hydrogens is 322 g/mol. The first kappa shape index (κ1) is 17.4. The van der Waals surface area contributed by atoms with Crippen molar-refractivity contribution in [3.8, 4) is 0 Å². The molecule has 1 fully saturated rings. The number of H-pyrrole nitrogens is 1. The lowest BCUT2D eigenvalue weighted by Gasteiger charge is -2.34. The highest BCUT2D eigenvalue weighted by Crippen LogP contribution is 2.21. The van der Waals surface area contributed by atoms with Gasteiger partial charge in [0.05, 0.1) is 12.6 Å². The van der Waals surface area contributed by atoms with E-state index in [0.717, 1.165) is 18.7 Å². The summed E-state index contributed by atoms with van der Waals surface area (Å²) in [5, 5.41) is 9.94. The number of aryl methyl sites for hydroxylation is 1. The zero-order valence-corrected chi connectivity index (χ0v) is 14.5. The molecular formula is C16H23N7O2. The van der Waals surface area contributed by atoms with Gasteiger partial charge in [0.1, 0.15) is 11.9 Å². The summed E-state index contributed by atoms with van der Waals surface area (Å²) < 4.78 is 5.79. The van der Waals surface area contributed by atoms with Gasteiger partial charge in [0, 0.05) is 31.9 Å². The van der Waals surface area contributed by atoms with Gasteiger partial charge in [-0.05, 0) is 19.4 Å². The summed E-state index contributed by atoms with van der Waals surface area (Å²) in [7, 11) is 0. The van der Waals surface area contributed by atoms with E-state index < -0.39 is 0 Å². The second kappa shape index (κ2) is 8.13. The van der Waals surface area contributed by atoms with Gasteiger partial charge in [-0.1, -0.05) is 6.92 Å². The maximum absolute atomic E-state index is 12.4. The van der Waals surface area contributed by atoms with E-state index in [1.165, 1.54) is 0 Å². The molecule has 2 N–H and O–H groups in total. The molecule has 0 aromatic carbocycles. The van der Waals surface area contributed by atoms with Crippen molar-refractivity contribution in [3.05, 3.63) is 30.1 Å². The van der Waals surface area contributed by atoms with Crippen molar-refractivity contribution >= 4 is 11.9 Å². The van der Waals surface area contributed by atoms with Gasteiger partial charge in [0.15, 0.2) is 5.82 Å². The molecule has 1 aliphatic rings. The highest BCUT2D eigenvalue weighted by molar-refractivity contribution is 5.93. The van der Waals surface area contributed by atoms with Crippen LogP contribution < -0.4 is 5.32 Å². The standard InChI is InChI=1S/C16H23N7O2/c1-3-5-13-19-14(22-21-13)12-10-23(8-9-25-12)11(2)15(24)20-16-17-6-4-7-18-16/h4,6-7,11-12H,3,5,8-10H2,1-2H3,(H,19,21,22)(H,17,18,20,24)/t11-,12+/m1/s1. The minimum absolute atomic E-state index is 0.145. The molecule has 2 aromatic rings. The number of hydrogen-bond donors (Lipinski definition) is 2. The molecule has 0 radical (unpaired) electrons. The van der Waals surface area contributed by atoms with Gasteiger partial charge < -0.3 is 4.74 Å². The Morgan fingerprint density at radius 1 is 1.48 bits per heavy atom. The number of anilines is 1. The summed E-state index contributed by atoms with van der Waals surface area (Å²) in [6, 6.07) is 1.37. The highest BCUT2D eigenvalue weighted by Gasteiger charge is 2.31. The largest absolute Gasteiger partial charge is 0.367 e. The molecule has 1 amide bonds. The first-order valence-electron chi connectivity index (χ1n) is 8.52. The first-order valence-corrected chi connectivity index (χ1v) is 8.52. The van der Waals surface area contributed by atoms with E-state index in [9.17, 15) is 4.79 Å². The van der Waals surface area contributed by atoms with E-state index in [4.69, 9.17) is 4.74 Å². The van der Waals surface area contributed by atoms with Crippen LogP contribution in [0.25, 0.3) is 0 Å². The molecule has 134 valence electrons. The van der Waals surface area contributed by atoms with Gasteiger partial charge in [-0.25, -0.2) is 15.0 Å². The van der Waals surface area contributed by atoms with Crippen LogP contribution in [-0.4, -0.2) is 61.7 Å². The van der Waals surface area contributed by atoms with Crippen LogP contribution in [0.1, 0.15) is 38.0 Å². The van der Waals surface area contributed by atoms with Gasteiger partial charge in [0.2, 0.25) is 11.9 Å². The summed E-state index contributed by atoms with van der Waals surface area (Å²) in [5.74, 6) is 1.67. The van der Waals surface area contributed by atoms with Gasteiger partial charge in [0.25, 0.3) is 0 Å². The van der Waals surface area contributed by atoms with Crippen molar-refractivity contribution in [1.82, 2.24) is 30.0 Å². The Labute approximate surface area is 146 Å². The second-order valence-electron chi connectivity index (χ2n) is 5.98. The number of morpholine rings is 1. The number of aromatic amines is 1. The molecule has 3 heterocycles. The molecule has 2 atom stereocenters. The van der Waals surface area contributed by atoms with E-state index in [0.29, 0.717) is 31.5 Å². The third-order valence-electron chi connectivity index (χ3n) is 4.15. The summed E-state index contributed by atoms with van der Waals surface area (Å²) in [6.07, 6.45) is 4.81. The minimum Gasteiger partial charge on any atom is -0.367 e. The lowest BCUT2D eigenvalue weighted by Crippen LogP contribution is -2.48. The highest BCUT2D eigenvalue weighted by atomic mass is 16.5. The predicted molar refractivity (Wildman–Crippen MR) is 90.8 cm³/mol. The summed E-state index contributed by atoms with van der Waals surface area (Å²) >= 11 is 0. The number of nitrogens with zero attached hydrogens (tertiary/aromatic N) is 5. The molecule has 2 aromatic heterocycles. The molecule has 9 heteroatoms. The van der Waals surface area contributed by atoms with Crippen LogP contribution in [-0.2, 0) is 16.0 Å². The zero-order chi connectivity index (χ0) is 17.6. The van der Waals surface area contributed by atoms with E-state index in [-0.39, 0.29) is 18.1 Å². The molecule has 0 spiro atoms. The fourth-order valence-corrected chi connectivity index (χ4v) is 2.72. The van der Waals surface area contributed by atoms with Crippen molar-refractivity contribution in [3.63, 3.8) is 0 Å². The van der Waals surface area contributed by atoms with Crippen molar-refractivity contribution in [2.24, 2.45) is 0 Å². The Kier molecular flexibility index (Phi) is 5.67. The first-order chi connectivity index (χ1) is 12.2. The van der Waals surface area contributed by atoms with Crippen LogP contribution in [0.4, 0.5) is 5.95 Å². The molecule has 0 saturated carbocycles. The summed E-state index contributed by atoms with van der Waals surface area (Å²) in [4.78, 5) is 27.0. The van der Waals surface area contributed by atoms with Crippen molar-refractivity contribution < 1.29 is 9.53 Å². The van der Waals surface area contributed by atoms with Gasteiger partial charge >= 0.3 is 0 Å². The normalized spacial score (nSPS) is 19.5. The van der Waals surface area contributed by atoms with Crippen molar-refractivity contribution in [2.75, 3.05) is 25.0 Å². The molecule has 1 aliphatic heterocycles. The molecule has 0 unspecified atom stereocenters. The number of amides is 1. The van der Waals surface area contributed by atoms with E-state index >= 15 is 0 Å². The number of ether oxygens (including phenoxy) is 1. The van der Waals surface area contributed by atoms with Crippen molar-refractivity contribution in [2.45, 2.75) is 38.8 Å². The van der Waals surface area contributed by atoms with Crippen LogP contribution in [0, 0.1) is 0 Å². The number of carbonyl (C=O) groups is 1. The number of rotatable bonds is 6. The second-order valence-corrected chi connectivity index (χ2v) is 5.98. The number of hydrogen-bond acceptors (Lipinski definition) is 7. The molecule has 25 heavy (non-hydrogen) atoms. The van der Waals surface area contributed by atoms with E-state index in [2.05, 4.69) is 42.3 Å². The third-order valence-corrected chi connectivity index (χ3v) is 4.15. The fraction of sp³-hybridized carbons (Fsp3) is 0.562. The minimum atomic E-state index is -0.329. The number of carbonyl (C=O) groups excluding carboxylic acids is 1. The van der Waals surface area contributed by atoms with Gasteiger partial charge in [-0.2, -0.15) is 5.10 Å². The molecule has 0 aliphatic carbocycles. The van der Waals surface area contributed by atoms with Crippen molar-refractivity contribution in [1.29, 1.82) is 0 Å². The Balaban J connectivity index is 1.60. The average Bonchev–Trinajstić information content (AvgIpc) is 3.11. The molecule has 0 bridgehead atoms.